The molecule has 2 aliphatic rings. The third-order valence-electron chi connectivity index (χ3n) is 3.90. The van der Waals surface area contributed by atoms with Gasteiger partial charge >= 0.3 is 5.97 Å². The normalized spacial score (nSPS) is 16.6. The standard InChI is InChI=1S/C20H17NO5/c1-2-9-23-15-6-3-13(4-7-15)10-16-20(22)26-19(21-16)14-5-8-17-18(11-14)25-12-24-17/h3-8,10-11H,2,9,12H2,1H3. The maximum Gasteiger partial charge on any atom is 0.363 e. The van der Waals surface area contributed by atoms with E-state index in [4.69, 9.17) is 18.9 Å². The minimum atomic E-state index is -0.482. The summed E-state index contributed by atoms with van der Waals surface area (Å²) in [6.07, 6.45) is 2.64. The largest absolute Gasteiger partial charge is 0.494 e. The number of aliphatic imine (C=N–C) groups is 1. The first-order valence-corrected chi connectivity index (χ1v) is 8.38. The summed E-state index contributed by atoms with van der Waals surface area (Å²) in [5, 5.41) is 0. The van der Waals surface area contributed by atoms with Gasteiger partial charge in [0.15, 0.2) is 17.2 Å². The first-order chi connectivity index (χ1) is 12.7. The van der Waals surface area contributed by atoms with E-state index in [1.807, 2.05) is 24.3 Å². The highest BCUT2D eigenvalue weighted by Crippen LogP contribution is 2.33. The Balaban J connectivity index is 1.55. The van der Waals surface area contributed by atoms with E-state index < -0.39 is 5.97 Å². The van der Waals surface area contributed by atoms with Crippen LogP contribution in [-0.4, -0.2) is 25.3 Å². The van der Waals surface area contributed by atoms with Crippen molar-refractivity contribution in [3.63, 3.8) is 0 Å². The van der Waals surface area contributed by atoms with E-state index in [9.17, 15) is 4.79 Å². The highest BCUT2D eigenvalue weighted by atomic mass is 16.7. The van der Waals surface area contributed by atoms with Gasteiger partial charge in [-0.1, -0.05) is 19.1 Å². The van der Waals surface area contributed by atoms with Crippen LogP contribution in [0.2, 0.25) is 0 Å². The zero-order valence-corrected chi connectivity index (χ0v) is 14.2. The van der Waals surface area contributed by atoms with Crippen LogP contribution in [0, 0.1) is 0 Å². The molecule has 0 bridgehead atoms. The van der Waals surface area contributed by atoms with Crippen molar-refractivity contribution in [1.82, 2.24) is 0 Å². The third kappa shape index (κ3) is 3.26. The SMILES string of the molecule is CCCOc1ccc(C=C2N=C(c3ccc4c(c3)OCO4)OC2=O)cc1. The molecule has 0 radical (unpaired) electrons. The van der Waals surface area contributed by atoms with Gasteiger partial charge in [0.25, 0.3) is 0 Å². The Morgan fingerprint density at radius 3 is 2.73 bits per heavy atom. The minimum Gasteiger partial charge on any atom is -0.494 e. The molecule has 0 aliphatic carbocycles. The first-order valence-electron chi connectivity index (χ1n) is 8.38. The molecule has 2 aliphatic heterocycles. The molecule has 26 heavy (non-hydrogen) atoms. The fourth-order valence-corrected chi connectivity index (χ4v) is 2.60. The first kappa shape index (κ1) is 16.2. The maximum absolute atomic E-state index is 12.1. The van der Waals surface area contributed by atoms with Crippen molar-refractivity contribution in [3.8, 4) is 17.2 Å². The second-order valence-electron chi connectivity index (χ2n) is 5.82. The Kier molecular flexibility index (Phi) is 4.31. The van der Waals surface area contributed by atoms with Gasteiger partial charge in [-0.2, -0.15) is 0 Å². The number of carbonyl (C=O) groups excluding carboxylic acids is 1. The number of carbonyl (C=O) groups is 1. The maximum atomic E-state index is 12.1. The lowest BCUT2D eigenvalue weighted by molar-refractivity contribution is -0.129. The number of ether oxygens (including phenoxy) is 4. The van der Waals surface area contributed by atoms with Gasteiger partial charge in [0.1, 0.15) is 5.75 Å². The van der Waals surface area contributed by atoms with Gasteiger partial charge in [-0.25, -0.2) is 9.79 Å². The summed E-state index contributed by atoms with van der Waals surface area (Å²) in [5.74, 6) is 1.85. The molecule has 2 aromatic rings. The van der Waals surface area contributed by atoms with Gasteiger partial charge in [-0.05, 0) is 48.4 Å². The van der Waals surface area contributed by atoms with Crippen molar-refractivity contribution < 1.29 is 23.7 Å². The predicted octanol–water partition coefficient (Wildman–Crippen LogP) is 3.55. The fourth-order valence-electron chi connectivity index (χ4n) is 2.60. The van der Waals surface area contributed by atoms with Crippen LogP contribution in [0.4, 0.5) is 0 Å². The van der Waals surface area contributed by atoms with Crippen molar-refractivity contribution in [2.24, 2.45) is 4.99 Å². The monoisotopic (exact) mass is 351 g/mol. The summed E-state index contributed by atoms with van der Waals surface area (Å²) in [5.41, 5.74) is 1.76. The molecule has 6 nitrogen and oxygen atoms in total. The van der Waals surface area contributed by atoms with E-state index in [1.54, 1.807) is 24.3 Å². The molecular weight excluding hydrogens is 334 g/mol. The van der Waals surface area contributed by atoms with Gasteiger partial charge in [-0.15, -0.1) is 0 Å². The summed E-state index contributed by atoms with van der Waals surface area (Å²) < 4.78 is 21.5. The predicted molar refractivity (Wildman–Crippen MR) is 95.4 cm³/mol. The molecule has 2 heterocycles. The van der Waals surface area contributed by atoms with E-state index >= 15 is 0 Å². The molecule has 2 aromatic carbocycles. The molecule has 4 rings (SSSR count). The lowest BCUT2D eigenvalue weighted by atomic mass is 10.2. The Labute approximate surface area is 150 Å². The molecule has 0 saturated carbocycles. The quantitative estimate of drug-likeness (QED) is 0.609. The number of rotatable bonds is 5. The summed E-state index contributed by atoms with van der Waals surface area (Å²) in [6, 6.07) is 12.8. The molecule has 0 aromatic heterocycles. The molecule has 0 fully saturated rings. The van der Waals surface area contributed by atoms with Crippen molar-refractivity contribution in [2.45, 2.75) is 13.3 Å². The van der Waals surface area contributed by atoms with E-state index in [2.05, 4.69) is 11.9 Å². The molecule has 0 amide bonds. The van der Waals surface area contributed by atoms with Gasteiger partial charge in [-0.3, -0.25) is 0 Å². The Morgan fingerprint density at radius 2 is 1.92 bits per heavy atom. The van der Waals surface area contributed by atoms with Crippen molar-refractivity contribution >= 4 is 17.9 Å². The minimum absolute atomic E-state index is 0.189. The van der Waals surface area contributed by atoms with Crippen LogP contribution in [0.5, 0.6) is 17.2 Å². The molecule has 6 heteroatoms. The number of fused-ring (bicyclic) bond motifs is 1. The zero-order chi connectivity index (χ0) is 17.9. The van der Waals surface area contributed by atoms with Crippen LogP contribution < -0.4 is 14.2 Å². The number of cyclic esters (lactones) is 1. The topological polar surface area (TPSA) is 66.3 Å². The average Bonchev–Trinajstić information content (AvgIpc) is 3.27. The Morgan fingerprint density at radius 1 is 1.12 bits per heavy atom. The van der Waals surface area contributed by atoms with Crippen molar-refractivity contribution in [3.05, 3.63) is 59.3 Å². The third-order valence-corrected chi connectivity index (χ3v) is 3.90. The van der Waals surface area contributed by atoms with Crippen LogP contribution in [0.25, 0.3) is 6.08 Å². The van der Waals surface area contributed by atoms with Crippen LogP contribution in [0.3, 0.4) is 0 Å². The van der Waals surface area contributed by atoms with Crippen LogP contribution in [0.15, 0.2) is 53.2 Å². The highest BCUT2D eigenvalue weighted by Gasteiger charge is 2.25. The van der Waals surface area contributed by atoms with Gasteiger partial charge in [0.2, 0.25) is 12.7 Å². The second-order valence-corrected chi connectivity index (χ2v) is 5.82. The summed E-state index contributed by atoms with van der Waals surface area (Å²) in [6.45, 7) is 2.92. The Hall–Kier alpha value is -3.28. The Bertz CT molecular complexity index is 899. The van der Waals surface area contributed by atoms with Crippen molar-refractivity contribution in [1.29, 1.82) is 0 Å². The number of hydrogen-bond donors (Lipinski definition) is 0. The summed E-state index contributed by atoms with van der Waals surface area (Å²) in [4.78, 5) is 16.4. The molecular formula is C20H17NO5. The fraction of sp³-hybridized carbons (Fsp3) is 0.200. The lowest BCUT2D eigenvalue weighted by Crippen LogP contribution is -2.05. The van der Waals surface area contributed by atoms with Crippen LogP contribution in [-0.2, 0) is 9.53 Å². The van der Waals surface area contributed by atoms with Gasteiger partial charge in [0.05, 0.1) is 6.61 Å². The number of nitrogens with zero attached hydrogens (tertiary/aromatic N) is 1. The smallest absolute Gasteiger partial charge is 0.363 e. The van der Waals surface area contributed by atoms with E-state index in [-0.39, 0.29) is 18.4 Å². The zero-order valence-electron chi connectivity index (χ0n) is 14.2. The summed E-state index contributed by atoms with van der Waals surface area (Å²) >= 11 is 0. The molecule has 0 saturated heterocycles. The van der Waals surface area contributed by atoms with E-state index in [0.29, 0.717) is 23.7 Å². The number of esters is 1. The highest BCUT2D eigenvalue weighted by molar-refractivity contribution is 6.13. The summed E-state index contributed by atoms with van der Waals surface area (Å²) in [7, 11) is 0. The van der Waals surface area contributed by atoms with Crippen LogP contribution >= 0.6 is 0 Å². The second kappa shape index (κ2) is 6.92. The molecule has 0 N–H and O–H groups in total. The van der Waals surface area contributed by atoms with E-state index in [0.717, 1.165) is 17.7 Å². The molecule has 0 atom stereocenters. The molecule has 132 valence electrons. The number of benzene rings is 2. The molecule has 0 unspecified atom stereocenters. The lowest BCUT2D eigenvalue weighted by Gasteiger charge is -2.04. The van der Waals surface area contributed by atoms with E-state index in [1.165, 1.54) is 0 Å². The number of hydrogen-bond acceptors (Lipinski definition) is 6. The van der Waals surface area contributed by atoms with Gasteiger partial charge in [0, 0.05) is 5.56 Å². The van der Waals surface area contributed by atoms with Crippen molar-refractivity contribution in [2.75, 3.05) is 13.4 Å². The van der Waals surface area contributed by atoms with Gasteiger partial charge < -0.3 is 18.9 Å². The average molecular weight is 351 g/mol. The molecule has 0 spiro atoms. The van der Waals surface area contributed by atoms with Crippen LogP contribution in [0.1, 0.15) is 24.5 Å².